The van der Waals surface area contributed by atoms with E-state index in [0.717, 1.165) is 24.6 Å². The van der Waals surface area contributed by atoms with Gasteiger partial charge in [0.05, 0.1) is 17.7 Å². The average Bonchev–Trinajstić information content (AvgIpc) is 3.30. The van der Waals surface area contributed by atoms with Gasteiger partial charge in [-0.15, -0.1) is 11.6 Å². The first kappa shape index (κ1) is 17.1. The molecule has 8 heteroatoms. The van der Waals surface area contributed by atoms with Crippen LogP contribution in [-0.2, 0) is 6.18 Å². The summed E-state index contributed by atoms with van der Waals surface area (Å²) >= 11 is 5.52. The zero-order chi connectivity index (χ0) is 17.3. The van der Waals surface area contributed by atoms with Crippen LogP contribution in [0.3, 0.4) is 0 Å². The van der Waals surface area contributed by atoms with Crippen LogP contribution in [0.5, 0.6) is 0 Å². The maximum Gasteiger partial charge on any atom is 0.435 e. The molecule has 1 aromatic carbocycles. The molecule has 1 heterocycles. The molecule has 0 bridgehead atoms. The molecule has 2 aromatic rings. The van der Waals surface area contributed by atoms with E-state index in [1.807, 2.05) is 0 Å². The Bertz CT molecular complexity index is 696. The van der Waals surface area contributed by atoms with Crippen LogP contribution < -0.4 is 5.32 Å². The number of alkyl halides is 4. The van der Waals surface area contributed by atoms with Crippen LogP contribution in [0.25, 0.3) is 5.69 Å². The van der Waals surface area contributed by atoms with Gasteiger partial charge in [0.2, 0.25) is 0 Å². The van der Waals surface area contributed by atoms with Crippen LogP contribution in [0, 0.1) is 0 Å². The lowest BCUT2D eigenvalue weighted by Crippen LogP contribution is -2.20. The molecular weight excluding hydrogens is 343 g/mol. The molecule has 1 atom stereocenters. The highest BCUT2D eigenvalue weighted by atomic mass is 35.5. The number of nitrogens with one attached hydrogen (secondary N) is 1. The Morgan fingerprint density at radius 3 is 2.50 bits per heavy atom. The predicted molar refractivity (Wildman–Crippen MR) is 85.8 cm³/mol. The second-order valence-electron chi connectivity index (χ2n) is 5.87. The Morgan fingerprint density at radius 1 is 1.29 bits per heavy atom. The summed E-state index contributed by atoms with van der Waals surface area (Å²) in [5.74, 6) is 0.272. The van der Waals surface area contributed by atoms with E-state index in [-0.39, 0.29) is 11.8 Å². The summed E-state index contributed by atoms with van der Waals surface area (Å²) < 4.78 is 40.2. The van der Waals surface area contributed by atoms with E-state index in [1.54, 1.807) is 24.3 Å². The number of halogens is 4. The lowest BCUT2D eigenvalue weighted by Gasteiger charge is -2.11. The van der Waals surface area contributed by atoms with Crippen molar-refractivity contribution in [3.05, 3.63) is 41.7 Å². The minimum atomic E-state index is -4.45. The fourth-order valence-electron chi connectivity index (χ4n) is 2.42. The largest absolute Gasteiger partial charge is 0.435 e. The van der Waals surface area contributed by atoms with Gasteiger partial charge in [-0.1, -0.05) is 0 Å². The number of aliphatic hydroxyl groups is 1. The summed E-state index contributed by atoms with van der Waals surface area (Å²) in [5.41, 5.74) is 1.06. The van der Waals surface area contributed by atoms with Crippen LogP contribution in [0.1, 0.15) is 30.1 Å². The van der Waals surface area contributed by atoms with Gasteiger partial charge in [-0.3, -0.25) is 0 Å². The van der Waals surface area contributed by atoms with Gasteiger partial charge in [-0.25, -0.2) is 4.68 Å². The maximum absolute atomic E-state index is 12.9. The summed E-state index contributed by atoms with van der Waals surface area (Å²) in [7, 11) is 0. The average molecular weight is 360 g/mol. The first-order valence-electron chi connectivity index (χ1n) is 7.64. The van der Waals surface area contributed by atoms with E-state index < -0.39 is 18.0 Å². The molecule has 24 heavy (non-hydrogen) atoms. The van der Waals surface area contributed by atoms with E-state index in [0.29, 0.717) is 17.9 Å². The second kappa shape index (κ2) is 6.64. The molecule has 1 aliphatic carbocycles. The molecule has 1 unspecified atom stereocenters. The van der Waals surface area contributed by atoms with E-state index in [1.165, 1.54) is 4.68 Å². The van der Waals surface area contributed by atoms with Gasteiger partial charge in [0.15, 0.2) is 5.69 Å². The first-order chi connectivity index (χ1) is 11.4. The van der Waals surface area contributed by atoms with Gasteiger partial charge >= 0.3 is 6.18 Å². The molecular formula is C16H17ClF3N3O. The van der Waals surface area contributed by atoms with Crippen LogP contribution in [0.4, 0.5) is 18.9 Å². The maximum atomic E-state index is 12.9. The number of nitrogens with zero attached hydrogens (tertiary/aromatic N) is 2. The summed E-state index contributed by atoms with van der Waals surface area (Å²) in [5, 5.41) is 16.2. The minimum absolute atomic E-state index is 0.128. The van der Waals surface area contributed by atoms with Gasteiger partial charge < -0.3 is 10.4 Å². The van der Waals surface area contributed by atoms with Gasteiger partial charge in [-0.05, 0) is 43.2 Å². The molecule has 1 aliphatic rings. The highest BCUT2D eigenvalue weighted by molar-refractivity contribution is 6.18. The highest BCUT2D eigenvalue weighted by Crippen LogP contribution is 2.42. The van der Waals surface area contributed by atoms with Gasteiger partial charge in [0, 0.05) is 23.8 Å². The second-order valence-corrected chi connectivity index (χ2v) is 6.18. The fraction of sp³-hybridized carbons (Fsp3) is 0.438. The zero-order valence-corrected chi connectivity index (χ0v) is 13.5. The van der Waals surface area contributed by atoms with Crippen LogP contribution in [0.2, 0.25) is 0 Å². The fourth-order valence-corrected chi connectivity index (χ4v) is 2.53. The van der Waals surface area contributed by atoms with E-state index in [4.69, 9.17) is 11.6 Å². The highest BCUT2D eigenvalue weighted by Gasteiger charge is 2.38. The van der Waals surface area contributed by atoms with Crippen molar-refractivity contribution < 1.29 is 18.3 Å². The molecule has 2 N–H and O–H groups in total. The first-order valence-corrected chi connectivity index (χ1v) is 8.17. The Balaban J connectivity index is 1.82. The molecule has 4 nitrogen and oxygen atoms in total. The van der Waals surface area contributed by atoms with Crippen molar-refractivity contribution in [1.29, 1.82) is 0 Å². The van der Waals surface area contributed by atoms with Crippen LogP contribution >= 0.6 is 11.6 Å². The minimum Gasteiger partial charge on any atom is -0.390 e. The third kappa shape index (κ3) is 3.84. The lowest BCUT2D eigenvalue weighted by molar-refractivity contribution is -0.141. The van der Waals surface area contributed by atoms with E-state index >= 15 is 0 Å². The smallest absolute Gasteiger partial charge is 0.390 e. The number of benzene rings is 1. The number of rotatable bonds is 6. The molecule has 0 amide bonds. The molecule has 3 rings (SSSR count). The van der Waals surface area contributed by atoms with Crippen molar-refractivity contribution in [1.82, 2.24) is 9.78 Å². The molecule has 130 valence electrons. The number of aromatic nitrogens is 2. The Kier molecular flexibility index (Phi) is 4.73. The molecule has 1 aromatic heterocycles. The van der Waals surface area contributed by atoms with Crippen molar-refractivity contribution in [3.63, 3.8) is 0 Å². The van der Waals surface area contributed by atoms with E-state index in [9.17, 15) is 18.3 Å². The number of aliphatic hydroxyl groups excluding tert-OH is 1. The quantitative estimate of drug-likeness (QED) is 0.772. The van der Waals surface area contributed by atoms with Crippen molar-refractivity contribution in [2.24, 2.45) is 0 Å². The molecule has 1 fully saturated rings. The van der Waals surface area contributed by atoms with Crippen LogP contribution in [-0.4, -0.2) is 33.4 Å². The third-order valence-corrected chi connectivity index (χ3v) is 4.21. The Morgan fingerprint density at radius 2 is 1.96 bits per heavy atom. The standard InChI is InChI=1S/C16H17ClF3N3O/c17-8-13(24)9-21-11-3-5-12(6-4-11)23-14(10-1-2-10)7-15(22-23)16(18,19)20/h3-7,10,13,21,24H,1-2,8-9H2. The summed E-state index contributed by atoms with van der Waals surface area (Å²) in [4.78, 5) is 0. The molecule has 0 aliphatic heterocycles. The third-order valence-electron chi connectivity index (χ3n) is 3.85. The van der Waals surface area contributed by atoms with Crippen molar-refractivity contribution >= 4 is 17.3 Å². The van der Waals surface area contributed by atoms with Crippen LogP contribution in [0.15, 0.2) is 30.3 Å². The number of hydrogen-bond acceptors (Lipinski definition) is 3. The summed E-state index contributed by atoms with van der Waals surface area (Å²) in [6.07, 6.45) is -3.33. The number of anilines is 1. The summed E-state index contributed by atoms with van der Waals surface area (Å²) in [6, 6.07) is 8.02. The lowest BCUT2D eigenvalue weighted by atomic mass is 10.2. The van der Waals surface area contributed by atoms with E-state index in [2.05, 4.69) is 10.4 Å². The Hall–Kier alpha value is -1.73. The van der Waals surface area contributed by atoms with Gasteiger partial charge in [0.1, 0.15) is 0 Å². The molecule has 1 saturated carbocycles. The molecule has 0 radical (unpaired) electrons. The Labute approximate surface area is 142 Å². The molecule has 0 spiro atoms. The topological polar surface area (TPSA) is 50.1 Å². The predicted octanol–water partition coefficient (Wildman–Crippen LogP) is 3.78. The summed E-state index contributed by atoms with van der Waals surface area (Å²) in [6.45, 7) is 0.302. The van der Waals surface area contributed by atoms with Crippen molar-refractivity contribution in [2.75, 3.05) is 17.7 Å². The van der Waals surface area contributed by atoms with Crippen molar-refractivity contribution in [2.45, 2.75) is 31.0 Å². The van der Waals surface area contributed by atoms with Gasteiger partial charge in [0.25, 0.3) is 0 Å². The van der Waals surface area contributed by atoms with Crippen molar-refractivity contribution in [3.8, 4) is 5.69 Å². The molecule has 0 saturated heterocycles. The SMILES string of the molecule is OC(CCl)CNc1ccc(-n2nc(C(F)(F)F)cc2C2CC2)cc1. The monoisotopic (exact) mass is 359 g/mol. The zero-order valence-electron chi connectivity index (χ0n) is 12.7. The van der Waals surface area contributed by atoms with Gasteiger partial charge in [-0.2, -0.15) is 18.3 Å². The number of hydrogen-bond donors (Lipinski definition) is 2. The normalized spacial score (nSPS) is 16.2.